The Balaban J connectivity index is 1.61. The molecule has 5 rings (SSSR count). The molecule has 1 aliphatic heterocycles. The molecular formula is C28H32N6O3. The van der Waals surface area contributed by atoms with Gasteiger partial charge < -0.3 is 20.1 Å². The molecule has 1 saturated heterocycles. The molecule has 0 aliphatic carbocycles. The molecule has 4 aromatic rings. The molecule has 192 valence electrons. The average Bonchev–Trinajstić information content (AvgIpc) is 3.33. The van der Waals surface area contributed by atoms with E-state index in [1.54, 1.807) is 6.20 Å². The zero-order valence-electron chi connectivity index (χ0n) is 21.2. The predicted molar refractivity (Wildman–Crippen MR) is 142 cm³/mol. The molecule has 0 spiro atoms. The Morgan fingerprint density at radius 2 is 1.86 bits per heavy atom. The maximum atomic E-state index is 13.6. The number of hydrogen-bond donors (Lipinski definition) is 2. The number of rotatable bonds is 8. The predicted octanol–water partition coefficient (Wildman–Crippen LogP) is 3.43. The van der Waals surface area contributed by atoms with Gasteiger partial charge in [-0.25, -0.2) is 15.0 Å². The maximum absolute atomic E-state index is 13.6. The number of fused-ring (bicyclic) bond motifs is 1. The largest absolute Gasteiger partial charge is 0.394 e. The molecular weight excluding hydrogens is 468 g/mol. The number of carbonyl (C=O) groups excluding carboxylic acids is 1. The van der Waals surface area contributed by atoms with E-state index < -0.39 is 0 Å². The third-order valence-electron chi connectivity index (χ3n) is 6.44. The molecule has 0 unspecified atom stereocenters. The van der Waals surface area contributed by atoms with E-state index in [1.807, 2.05) is 59.1 Å². The van der Waals surface area contributed by atoms with Crippen LogP contribution in [0.25, 0.3) is 28.2 Å². The van der Waals surface area contributed by atoms with E-state index in [1.165, 1.54) is 0 Å². The molecule has 2 N–H and O–H groups in total. The molecule has 1 amide bonds. The lowest BCUT2D eigenvalue weighted by Gasteiger charge is -2.26. The second-order valence-electron chi connectivity index (χ2n) is 9.61. The summed E-state index contributed by atoms with van der Waals surface area (Å²) in [4.78, 5) is 30.0. The van der Waals surface area contributed by atoms with Gasteiger partial charge >= 0.3 is 0 Å². The third-order valence-corrected chi connectivity index (χ3v) is 6.44. The second-order valence-corrected chi connectivity index (χ2v) is 9.61. The van der Waals surface area contributed by atoms with E-state index in [9.17, 15) is 9.90 Å². The van der Waals surface area contributed by atoms with Crippen LogP contribution >= 0.6 is 0 Å². The van der Waals surface area contributed by atoms with Crippen molar-refractivity contribution in [3.05, 3.63) is 66.6 Å². The van der Waals surface area contributed by atoms with Crippen molar-refractivity contribution in [2.24, 2.45) is 5.92 Å². The highest BCUT2D eigenvalue weighted by Gasteiger charge is 2.25. The number of amides is 1. The Bertz CT molecular complexity index is 1370. The molecule has 1 fully saturated rings. The number of morpholine rings is 1. The van der Waals surface area contributed by atoms with Gasteiger partial charge in [0.15, 0.2) is 0 Å². The molecule has 4 heterocycles. The second kappa shape index (κ2) is 11.1. The molecule has 1 aromatic carbocycles. The number of nitrogens with one attached hydrogen (secondary N) is 1. The van der Waals surface area contributed by atoms with E-state index in [-0.39, 0.29) is 18.6 Å². The number of aliphatic hydroxyl groups excluding tert-OH is 1. The lowest BCUT2D eigenvalue weighted by atomic mass is 10.0. The van der Waals surface area contributed by atoms with Gasteiger partial charge in [-0.3, -0.25) is 9.20 Å². The first-order valence-corrected chi connectivity index (χ1v) is 12.7. The fraction of sp³-hybridized carbons (Fsp3) is 0.357. The van der Waals surface area contributed by atoms with Crippen molar-refractivity contribution in [1.29, 1.82) is 0 Å². The smallest absolute Gasteiger partial charge is 0.270 e. The number of imidazole rings is 1. The van der Waals surface area contributed by atoms with Crippen LogP contribution < -0.4 is 10.2 Å². The highest BCUT2D eigenvalue weighted by atomic mass is 16.5. The minimum Gasteiger partial charge on any atom is -0.394 e. The van der Waals surface area contributed by atoms with Crippen molar-refractivity contribution in [3.63, 3.8) is 0 Å². The first kappa shape index (κ1) is 24.9. The Morgan fingerprint density at radius 3 is 2.59 bits per heavy atom. The highest BCUT2D eigenvalue weighted by Crippen LogP contribution is 2.30. The van der Waals surface area contributed by atoms with Gasteiger partial charge in [-0.05, 0) is 30.5 Å². The summed E-state index contributed by atoms with van der Waals surface area (Å²) in [6, 6.07) is 15.0. The molecule has 9 heteroatoms. The van der Waals surface area contributed by atoms with Crippen LogP contribution in [0.15, 0.2) is 60.9 Å². The molecule has 1 atom stereocenters. The summed E-state index contributed by atoms with van der Waals surface area (Å²) in [6.07, 6.45) is 4.27. The summed E-state index contributed by atoms with van der Waals surface area (Å²) < 4.78 is 7.28. The molecule has 0 bridgehead atoms. The lowest BCUT2D eigenvalue weighted by molar-refractivity contribution is 0.0903. The minimum atomic E-state index is -0.345. The number of ether oxygens (including phenoxy) is 1. The van der Waals surface area contributed by atoms with Crippen molar-refractivity contribution < 1.29 is 14.6 Å². The van der Waals surface area contributed by atoms with Crippen LogP contribution in [0.2, 0.25) is 0 Å². The van der Waals surface area contributed by atoms with Crippen LogP contribution in [-0.2, 0) is 4.74 Å². The van der Waals surface area contributed by atoms with E-state index >= 15 is 0 Å². The average molecular weight is 501 g/mol. The first-order valence-electron chi connectivity index (χ1n) is 12.7. The van der Waals surface area contributed by atoms with Gasteiger partial charge in [0.05, 0.1) is 31.6 Å². The summed E-state index contributed by atoms with van der Waals surface area (Å²) in [6.45, 7) is 6.78. The Kier molecular flexibility index (Phi) is 7.43. The standard InChI is InChI=1S/C28H32N6O3/c1-19(2)17-21(18-35)30-27(36)25-24(20-7-4-3-5-8-20)32-26-22(9-6-12-34(25)26)23-10-11-29-28(31-23)33-13-15-37-16-14-33/h3-12,19,21,35H,13-18H2,1-2H3,(H,30,36)/t21-/m0/s1. The minimum absolute atomic E-state index is 0.127. The maximum Gasteiger partial charge on any atom is 0.270 e. The summed E-state index contributed by atoms with van der Waals surface area (Å²) in [5.74, 6) is 0.702. The van der Waals surface area contributed by atoms with Gasteiger partial charge in [0.25, 0.3) is 5.91 Å². The number of pyridine rings is 1. The van der Waals surface area contributed by atoms with Crippen molar-refractivity contribution in [3.8, 4) is 22.5 Å². The number of benzene rings is 1. The molecule has 37 heavy (non-hydrogen) atoms. The zero-order valence-corrected chi connectivity index (χ0v) is 21.2. The molecule has 9 nitrogen and oxygen atoms in total. The van der Waals surface area contributed by atoms with Gasteiger partial charge in [-0.1, -0.05) is 44.2 Å². The first-order chi connectivity index (χ1) is 18.0. The Morgan fingerprint density at radius 1 is 1.08 bits per heavy atom. The van der Waals surface area contributed by atoms with Crippen molar-refractivity contribution >= 4 is 17.5 Å². The topological polar surface area (TPSA) is 105 Å². The number of aromatic nitrogens is 4. The van der Waals surface area contributed by atoms with E-state index in [0.717, 1.165) is 29.9 Å². The van der Waals surface area contributed by atoms with Gasteiger partial charge in [0.1, 0.15) is 17.0 Å². The van der Waals surface area contributed by atoms with E-state index in [0.29, 0.717) is 48.5 Å². The van der Waals surface area contributed by atoms with Gasteiger partial charge in [0.2, 0.25) is 5.95 Å². The van der Waals surface area contributed by atoms with E-state index in [4.69, 9.17) is 14.7 Å². The third kappa shape index (κ3) is 5.33. The van der Waals surface area contributed by atoms with E-state index in [2.05, 4.69) is 29.0 Å². The number of hydrogen-bond acceptors (Lipinski definition) is 7. The van der Waals surface area contributed by atoms with Crippen LogP contribution in [0.4, 0.5) is 5.95 Å². The van der Waals surface area contributed by atoms with Crippen LogP contribution in [-0.4, -0.2) is 69.3 Å². The molecule has 1 aliphatic rings. The number of aliphatic hydroxyl groups is 1. The Hall–Kier alpha value is -3.82. The highest BCUT2D eigenvalue weighted by molar-refractivity contribution is 6.00. The number of anilines is 1. The van der Waals surface area contributed by atoms with Gasteiger partial charge in [-0.15, -0.1) is 0 Å². The van der Waals surface area contributed by atoms with Crippen LogP contribution in [0.3, 0.4) is 0 Å². The van der Waals surface area contributed by atoms with Gasteiger partial charge in [-0.2, -0.15) is 0 Å². The fourth-order valence-corrected chi connectivity index (χ4v) is 4.70. The SMILES string of the molecule is CC(C)C[C@@H](CO)NC(=O)c1c(-c2ccccc2)nc2c(-c3ccnc(N4CCOCC4)n3)cccn12. The zero-order chi connectivity index (χ0) is 25.8. The van der Waals surface area contributed by atoms with Crippen molar-refractivity contribution in [2.75, 3.05) is 37.8 Å². The van der Waals surface area contributed by atoms with Crippen molar-refractivity contribution in [1.82, 2.24) is 24.7 Å². The van der Waals surface area contributed by atoms with Crippen molar-refractivity contribution in [2.45, 2.75) is 26.3 Å². The van der Waals surface area contributed by atoms with Crippen LogP contribution in [0, 0.1) is 5.92 Å². The molecule has 0 saturated carbocycles. The van der Waals surface area contributed by atoms with Crippen LogP contribution in [0.1, 0.15) is 30.8 Å². The van der Waals surface area contributed by atoms with Crippen LogP contribution in [0.5, 0.6) is 0 Å². The number of nitrogens with zero attached hydrogens (tertiary/aromatic N) is 5. The quantitative estimate of drug-likeness (QED) is 0.382. The monoisotopic (exact) mass is 500 g/mol. The number of carbonyl (C=O) groups is 1. The summed E-state index contributed by atoms with van der Waals surface area (Å²) >= 11 is 0. The summed E-state index contributed by atoms with van der Waals surface area (Å²) in [5, 5.41) is 12.9. The summed E-state index contributed by atoms with van der Waals surface area (Å²) in [5.41, 5.74) is 4.00. The lowest BCUT2D eigenvalue weighted by Crippen LogP contribution is -2.39. The Labute approximate surface area is 216 Å². The molecule has 0 radical (unpaired) electrons. The normalized spacial score (nSPS) is 14.8. The van der Waals surface area contributed by atoms with Gasteiger partial charge in [0, 0.05) is 36.6 Å². The fourth-order valence-electron chi connectivity index (χ4n) is 4.70. The summed E-state index contributed by atoms with van der Waals surface area (Å²) in [7, 11) is 0. The molecule has 3 aromatic heterocycles.